The van der Waals surface area contributed by atoms with Gasteiger partial charge in [0.25, 0.3) is 0 Å². The minimum atomic E-state index is -0.0425. The van der Waals surface area contributed by atoms with Gasteiger partial charge in [-0.15, -0.1) is 0 Å². The lowest BCUT2D eigenvalue weighted by atomic mass is 9.96. The first-order chi connectivity index (χ1) is 5.27. The summed E-state index contributed by atoms with van der Waals surface area (Å²) in [5, 5.41) is 3.34. The number of fused-ring (bicyclic) bond motifs is 2. The van der Waals surface area contributed by atoms with Crippen LogP contribution in [0.3, 0.4) is 0 Å². The molecule has 0 aromatic carbocycles. The highest BCUT2D eigenvalue weighted by Gasteiger charge is 2.37. The highest BCUT2D eigenvalue weighted by atomic mass is 79.9. The molecule has 0 aromatic rings. The van der Waals surface area contributed by atoms with Gasteiger partial charge in [0.05, 0.1) is 24.1 Å². The van der Waals surface area contributed by atoms with Gasteiger partial charge in [0.15, 0.2) is 0 Å². The number of ketones is 1. The second-order valence-electron chi connectivity index (χ2n) is 3.08. The van der Waals surface area contributed by atoms with Gasteiger partial charge in [0, 0.05) is 12.5 Å². The number of carbonyl (C=O) groups is 1. The molecule has 3 unspecified atom stereocenters. The molecule has 2 fully saturated rings. The molecule has 2 aliphatic heterocycles. The van der Waals surface area contributed by atoms with E-state index in [1.54, 1.807) is 0 Å². The first-order valence-corrected chi connectivity index (χ1v) is 4.69. The fourth-order valence-electron chi connectivity index (χ4n) is 1.60. The molecule has 2 saturated heterocycles. The Balaban J connectivity index is 2.11. The maximum Gasteiger partial charge on any atom is 0.149 e. The van der Waals surface area contributed by atoms with Gasteiger partial charge in [-0.1, -0.05) is 15.9 Å². The average Bonchev–Trinajstić information content (AvgIpc) is 2.01. The van der Waals surface area contributed by atoms with Crippen LogP contribution < -0.4 is 5.32 Å². The molecular weight excluding hydrogens is 210 g/mol. The lowest BCUT2D eigenvalue weighted by molar-refractivity contribution is -0.124. The summed E-state index contributed by atoms with van der Waals surface area (Å²) >= 11 is 3.35. The van der Waals surface area contributed by atoms with Gasteiger partial charge in [0.1, 0.15) is 5.78 Å². The van der Waals surface area contributed by atoms with Crippen molar-refractivity contribution in [2.75, 3.05) is 13.2 Å². The maximum absolute atomic E-state index is 11.3. The van der Waals surface area contributed by atoms with Gasteiger partial charge >= 0.3 is 0 Å². The maximum atomic E-state index is 11.3. The van der Waals surface area contributed by atoms with Crippen molar-refractivity contribution in [1.82, 2.24) is 5.32 Å². The SMILES string of the molecule is O=C1CC2COCC(N2)C1Br. The normalized spacial score (nSPS) is 44.1. The Morgan fingerprint density at radius 1 is 1.55 bits per heavy atom. The predicted molar refractivity (Wildman–Crippen MR) is 43.9 cm³/mol. The van der Waals surface area contributed by atoms with E-state index in [0.29, 0.717) is 25.4 Å². The van der Waals surface area contributed by atoms with Crippen LogP contribution in [0, 0.1) is 0 Å². The zero-order valence-corrected chi connectivity index (χ0v) is 7.63. The number of hydrogen-bond donors (Lipinski definition) is 1. The highest BCUT2D eigenvalue weighted by molar-refractivity contribution is 9.10. The standard InChI is InChI=1S/C7H10BrNO2/c8-7-5-3-11-2-4(9-5)1-6(7)10/h4-5,7,9H,1-3H2. The number of rotatable bonds is 0. The quantitative estimate of drug-likeness (QED) is 0.587. The van der Waals surface area contributed by atoms with E-state index in [1.165, 1.54) is 0 Å². The minimum Gasteiger partial charge on any atom is -0.378 e. The van der Waals surface area contributed by atoms with E-state index in [2.05, 4.69) is 21.2 Å². The summed E-state index contributed by atoms with van der Waals surface area (Å²) in [5.74, 6) is 0.307. The van der Waals surface area contributed by atoms with Crippen molar-refractivity contribution in [3.63, 3.8) is 0 Å². The van der Waals surface area contributed by atoms with Crippen LogP contribution in [0.2, 0.25) is 0 Å². The molecule has 4 heteroatoms. The summed E-state index contributed by atoms with van der Waals surface area (Å²) in [5.41, 5.74) is 0. The zero-order valence-electron chi connectivity index (χ0n) is 6.05. The van der Waals surface area contributed by atoms with Crippen LogP contribution in [0.1, 0.15) is 6.42 Å². The fraction of sp³-hybridized carbons (Fsp3) is 0.857. The average molecular weight is 220 g/mol. The summed E-state index contributed by atoms with van der Waals surface area (Å²) in [6.07, 6.45) is 0.604. The van der Waals surface area contributed by atoms with E-state index in [0.717, 1.165) is 0 Å². The van der Waals surface area contributed by atoms with Crippen LogP contribution in [-0.2, 0) is 9.53 Å². The smallest absolute Gasteiger partial charge is 0.149 e. The number of ether oxygens (including phenoxy) is 1. The van der Waals surface area contributed by atoms with Gasteiger partial charge in [0.2, 0.25) is 0 Å². The molecular formula is C7H10BrNO2. The lowest BCUT2D eigenvalue weighted by Gasteiger charge is -2.37. The molecule has 2 bridgehead atoms. The van der Waals surface area contributed by atoms with E-state index in [1.807, 2.05) is 0 Å². The minimum absolute atomic E-state index is 0.0425. The third kappa shape index (κ3) is 1.35. The molecule has 11 heavy (non-hydrogen) atoms. The van der Waals surface area contributed by atoms with Gasteiger partial charge in [-0.25, -0.2) is 0 Å². The fourth-order valence-corrected chi connectivity index (χ4v) is 2.10. The van der Waals surface area contributed by atoms with Crippen LogP contribution in [0.5, 0.6) is 0 Å². The zero-order chi connectivity index (χ0) is 7.84. The molecule has 3 atom stereocenters. The topological polar surface area (TPSA) is 38.3 Å². The van der Waals surface area contributed by atoms with Gasteiger partial charge < -0.3 is 10.1 Å². The van der Waals surface area contributed by atoms with Crippen LogP contribution in [-0.4, -0.2) is 35.9 Å². The first kappa shape index (κ1) is 7.71. The van der Waals surface area contributed by atoms with Crippen molar-refractivity contribution in [2.45, 2.75) is 23.3 Å². The molecule has 0 aromatic heterocycles. The van der Waals surface area contributed by atoms with Crippen molar-refractivity contribution >= 4 is 21.7 Å². The number of morpholine rings is 1. The Kier molecular flexibility index (Phi) is 1.99. The summed E-state index contributed by atoms with van der Waals surface area (Å²) < 4.78 is 5.31. The summed E-state index contributed by atoms with van der Waals surface area (Å²) in [6, 6.07) is 0.449. The largest absolute Gasteiger partial charge is 0.378 e. The van der Waals surface area contributed by atoms with Gasteiger partial charge in [-0.05, 0) is 0 Å². The molecule has 62 valence electrons. The van der Waals surface area contributed by atoms with E-state index in [-0.39, 0.29) is 16.9 Å². The summed E-state index contributed by atoms with van der Waals surface area (Å²) in [7, 11) is 0. The molecule has 0 radical (unpaired) electrons. The Labute approximate surface area is 73.6 Å². The van der Waals surface area contributed by atoms with Crippen molar-refractivity contribution in [3.8, 4) is 0 Å². The first-order valence-electron chi connectivity index (χ1n) is 3.78. The van der Waals surface area contributed by atoms with E-state index in [9.17, 15) is 4.79 Å². The van der Waals surface area contributed by atoms with Crippen LogP contribution in [0.25, 0.3) is 0 Å². The Bertz CT molecular complexity index is 185. The predicted octanol–water partition coefficient (Wildman–Crippen LogP) is 0.0797. The van der Waals surface area contributed by atoms with Crippen molar-refractivity contribution in [3.05, 3.63) is 0 Å². The molecule has 1 N–H and O–H groups in total. The third-order valence-corrected chi connectivity index (χ3v) is 3.32. The van der Waals surface area contributed by atoms with Gasteiger partial charge in [-0.2, -0.15) is 0 Å². The van der Waals surface area contributed by atoms with Crippen molar-refractivity contribution < 1.29 is 9.53 Å². The molecule has 2 heterocycles. The molecule has 2 rings (SSSR count). The van der Waals surface area contributed by atoms with Crippen molar-refractivity contribution in [2.24, 2.45) is 0 Å². The van der Waals surface area contributed by atoms with Crippen LogP contribution in [0.4, 0.5) is 0 Å². The number of piperidine rings is 1. The second-order valence-corrected chi connectivity index (χ2v) is 4.07. The van der Waals surface area contributed by atoms with E-state index in [4.69, 9.17) is 4.74 Å². The number of carbonyl (C=O) groups excluding carboxylic acids is 1. The number of nitrogens with one attached hydrogen (secondary N) is 1. The van der Waals surface area contributed by atoms with Crippen molar-refractivity contribution in [1.29, 1.82) is 0 Å². The van der Waals surface area contributed by atoms with E-state index < -0.39 is 0 Å². The molecule has 0 spiro atoms. The number of Topliss-reactive ketones (excluding diaryl/α,β-unsaturated/α-hetero) is 1. The monoisotopic (exact) mass is 219 g/mol. The third-order valence-electron chi connectivity index (χ3n) is 2.17. The Hall–Kier alpha value is 0.0700. The molecule has 3 nitrogen and oxygen atoms in total. The molecule has 2 aliphatic rings. The Morgan fingerprint density at radius 2 is 2.36 bits per heavy atom. The lowest BCUT2D eigenvalue weighted by Crippen LogP contribution is -2.59. The Morgan fingerprint density at radius 3 is 3.18 bits per heavy atom. The molecule has 0 amide bonds. The van der Waals surface area contributed by atoms with Crippen LogP contribution in [0.15, 0.2) is 0 Å². The summed E-state index contributed by atoms with van der Waals surface area (Å²) in [4.78, 5) is 11.2. The summed E-state index contributed by atoms with van der Waals surface area (Å²) in [6.45, 7) is 1.33. The molecule has 0 aliphatic carbocycles. The number of halogens is 1. The highest BCUT2D eigenvalue weighted by Crippen LogP contribution is 2.20. The second kappa shape index (κ2) is 2.84. The molecule has 0 saturated carbocycles. The van der Waals surface area contributed by atoms with E-state index >= 15 is 0 Å². The van der Waals surface area contributed by atoms with Crippen LogP contribution >= 0.6 is 15.9 Å². The number of alkyl halides is 1. The van der Waals surface area contributed by atoms with Gasteiger partial charge in [-0.3, -0.25) is 4.79 Å². The number of hydrogen-bond acceptors (Lipinski definition) is 3.